The Balaban J connectivity index is 3.03. The monoisotopic (exact) mass is 213 g/mol. The molecule has 0 aromatic rings. The molecule has 0 aromatic carbocycles. The van der Waals surface area contributed by atoms with Crippen LogP contribution in [0.2, 0.25) is 0 Å². The molecule has 0 bridgehead atoms. The first-order valence-electron chi connectivity index (χ1n) is 3.33. The second-order valence-corrected chi connectivity index (χ2v) is 3.23. The summed E-state index contributed by atoms with van der Waals surface area (Å²) >= 11 is 5.44. The Hall–Kier alpha value is -0.620. The largest absolute Gasteiger partial charge is 0.433 e. The summed E-state index contributed by atoms with van der Waals surface area (Å²) in [5.41, 5.74) is -1.34. The first-order valence-corrected chi connectivity index (χ1v) is 3.71. The van der Waals surface area contributed by atoms with Crippen LogP contribution in [0, 0.1) is 0 Å². The molecule has 0 N–H and O–H groups in total. The smallest absolute Gasteiger partial charge is 0.231 e. The third-order valence-corrected chi connectivity index (χ3v) is 2.21. The quantitative estimate of drug-likeness (QED) is 0.596. The zero-order valence-corrected chi connectivity index (χ0v) is 7.23. The van der Waals surface area contributed by atoms with Crippen molar-refractivity contribution in [2.45, 2.75) is 24.1 Å². The summed E-state index contributed by atoms with van der Waals surface area (Å²) < 4.78 is 36.5. The lowest BCUT2D eigenvalue weighted by Crippen LogP contribution is -2.48. The van der Waals surface area contributed by atoms with Gasteiger partial charge in [0.15, 0.2) is 10.6 Å². The highest BCUT2D eigenvalue weighted by Crippen LogP contribution is 2.34. The maximum absolute atomic E-state index is 12.2. The van der Waals surface area contributed by atoms with Crippen molar-refractivity contribution in [1.82, 2.24) is 0 Å². The van der Waals surface area contributed by atoms with Crippen molar-refractivity contribution in [2.75, 3.05) is 0 Å². The van der Waals surface area contributed by atoms with Crippen LogP contribution in [0.1, 0.15) is 6.92 Å². The second kappa shape index (κ2) is 2.95. The molecule has 2 unspecified atom stereocenters. The van der Waals surface area contributed by atoms with Crippen LogP contribution in [0.25, 0.3) is 0 Å². The zero-order valence-electron chi connectivity index (χ0n) is 6.47. The van der Waals surface area contributed by atoms with Crippen LogP contribution in [0.15, 0.2) is 10.2 Å². The molecule has 7 heteroatoms. The lowest BCUT2D eigenvalue weighted by molar-refractivity contribution is -0.0637. The van der Waals surface area contributed by atoms with E-state index in [4.69, 9.17) is 11.6 Å². The molecule has 1 rings (SSSR count). The van der Waals surface area contributed by atoms with Crippen LogP contribution in [0.4, 0.5) is 13.2 Å². The molecule has 0 saturated heterocycles. The molecule has 0 saturated carbocycles. The molecule has 0 fully saturated rings. The van der Waals surface area contributed by atoms with E-state index in [0.29, 0.717) is 0 Å². The average Bonchev–Trinajstić information content (AvgIpc) is 2.31. The van der Waals surface area contributed by atoms with Crippen LogP contribution in [0.5, 0.6) is 0 Å². The Morgan fingerprint density at radius 1 is 1.62 bits per heavy atom. The number of hydrogen-bond acceptors (Lipinski definition) is 2. The van der Waals surface area contributed by atoms with Crippen molar-refractivity contribution in [3.63, 3.8) is 0 Å². The van der Waals surface area contributed by atoms with Gasteiger partial charge in [-0.3, -0.25) is 0 Å². The lowest BCUT2D eigenvalue weighted by Gasteiger charge is -2.22. The molecule has 0 amide bonds. The molecule has 0 aromatic heterocycles. The van der Waals surface area contributed by atoms with Crippen molar-refractivity contribution in [3.8, 4) is 0 Å². The number of alkyl halides is 4. The lowest BCUT2D eigenvalue weighted by atomic mass is 9.98. The van der Waals surface area contributed by atoms with E-state index >= 15 is 0 Å². The highest BCUT2D eigenvalue weighted by Gasteiger charge is 2.54. The van der Waals surface area contributed by atoms with Gasteiger partial charge in [0.2, 0.25) is 0 Å². The minimum Gasteiger partial charge on any atom is -0.231 e. The summed E-state index contributed by atoms with van der Waals surface area (Å²) in [6.45, 7) is 1.03. The van der Waals surface area contributed by atoms with Gasteiger partial charge in [0.05, 0.1) is 6.21 Å². The van der Waals surface area contributed by atoms with Gasteiger partial charge >= 0.3 is 6.18 Å². The first-order chi connectivity index (χ1) is 5.78. The van der Waals surface area contributed by atoms with Crippen molar-refractivity contribution >= 4 is 23.5 Å². The van der Waals surface area contributed by atoms with E-state index in [0.717, 1.165) is 13.1 Å². The van der Waals surface area contributed by atoms with Gasteiger partial charge in [0, 0.05) is 0 Å². The normalized spacial score (nSPS) is 30.5. The molecule has 13 heavy (non-hydrogen) atoms. The molecule has 1 heterocycles. The maximum atomic E-state index is 12.2. The molecule has 1 radical (unpaired) electrons. The van der Waals surface area contributed by atoms with Crippen LogP contribution in [-0.2, 0) is 5.11 Å². The van der Waals surface area contributed by atoms with Gasteiger partial charge in [-0.1, -0.05) is 0 Å². The van der Waals surface area contributed by atoms with Gasteiger partial charge in [-0.25, -0.2) is 5.11 Å². The molecule has 73 valence electrons. The Labute approximate surface area is 76.9 Å². The highest BCUT2D eigenvalue weighted by molar-refractivity contribution is 6.47. The summed E-state index contributed by atoms with van der Waals surface area (Å²) in [6, 6.07) is 0. The first kappa shape index (κ1) is 10.5. The van der Waals surface area contributed by atoms with E-state index in [1.54, 1.807) is 0 Å². The average molecular weight is 214 g/mol. The van der Waals surface area contributed by atoms with Crippen LogP contribution in [-0.4, -0.2) is 29.1 Å². The van der Waals surface area contributed by atoms with E-state index in [1.807, 2.05) is 0 Å². The van der Waals surface area contributed by atoms with Crippen molar-refractivity contribution < 1.29 is 18.3 Å². The van der Waals surface area contributed by atoms with Gasteiger partial charge < -0.3 is 0 Å². The fourth-order valence-corrected chi connectivity index (χ4v) is 1.07. The fourth-order valence-electron chi connectivity index (χ4n) is 0.880. The minimum atomic E-state index is -4.71. The van der Waals surface area contributed by atoms with Crippen molar-refractivity contribution in [3.05, 3.63) is 0 Å². The summed E-state index contributed by atoms with van der Waals surface area (Å²) in [7, 11) is 0. The fraction of sp³-hybridized carbons (Fsp3) is 0.667. The van der Waals surface area contributed by atoms with Crippen molar-refractivity contribution in [2.24, 2.45) is 10.2 Å². The highest BCUT2D eigenvalue weighted by atomic mass is 35.5. The second-order valence-electron chi connectivity index (χ2n) is 2.60. The molecule has 0 aliphatic carbocycles. The van der Waals surface area contributed by atoms with Gasteiger partial charge in [0.25, 0.3) is 0 Å². The third kappa shape index (κ3) is 1.68. The van der Waals surface area contributed by atoms with Crippen LogP contribution >= 0.6 is 11.6 Å². The van der Waals surface area contributed by atoms with E-state index in [1.165, 1.54) is 0 Å². The topological polar surface area (TPSA) is 44.6 Å². The summed E-state index contributed by atoms with van der Waals surface area (Å²) in [4.78, 5) is -2.15. The molecule has 1 aliphatic heterocycles. The van der Waals surface area contributed by atoms with Gasteiger partial charge in [0.1, 0.15) is 6.10 Å². The predicted molar refractivity (Wildman–Crippen MR) is 40.7 cm³/mol. The maximum Gasteiger partial charge on any atom is 0.433 e. The van der Waals surface area contributed by atoms with Crippen LogP contribution in [0.3, 0.4) is 0 Å². The summed E-state index contributed by atoms with van der Waals surface area (Å²) in [5.74, 6) is 0. The standard InChI is InChI=1S/C6H5ClF3N2O/c1-3(13)5(7)2-11-12-4(5)6(8,9)10/h2-3H,1H3. The predicted octanol–water partition coefficient (Wildman–Crippen LogP) is 1.79. The molecule has 2 atom stereocenters. The number of rotatable bonds is 1. The van der Waals surface area contributed by atoms with Crippen molar-refractivity contribution in [1.29, 1.82) is 0 Å². The van der Waals surface area contributed by atoms with Gasteiger partial charge in [-0.2, -0.15) is 18.3 Å². The molecular weight excluding hydrogens is 209 g/mol. The van der Waals surface area contributed by atoms with Gasteiger partial charge in [-0.05, 0) is 6.92 Å². The van der Waals surface area contributed by atoms with E-state index in [2.05, 4.69) is 10.2 Å². The Morgan fingerprint density at radius 2 is 2.15 bits per heavy atom. The molecule has 0 spiro atoms. The number of hydrogen-bond donors (Lipinski definition) is 0. The van der Waals surface area contributed by atoms with E-state index in [-0.39, 0.29) is 0 Å². The Kier molecular flexibility index (Phi) is 2.38. The Bertz CT molecular complexity index is 274. The summed E-state index contributed by atoms with van der Waals surface area (Å²) in [6.07, 6.45) is -5.65. The number of nitrogens with zero attached hydrogens (tertiary/aromatic N) is 2. The number of halogens is 4. The zero-order chi connectivity index (χ0) is 10.3. The SMILES string of the molecule is CC([O])C1(Cl)C=NN=C1C(F)(F)F. The summed E-state index contributed by atoms with van der Waals surface area (Å²) in [5, 5.41) is 16.7. The molecular formula is C6H5ClF3N2O. The van der Waals surface area contributed by atoms with E-state index in [9.17, 15) is 18.3 Å². The minimum absolute atomic E-state index is 0.717. The Morgan fingerprint density at radius 3 is 2.46 bits per heavy atom. The molecule has 3 nitrogen and oxygen atoms in total. The third-order valence-electron chi connectivity index (χ3n) is 1.63. The van der Waals surface area contributed by atoms with E-state index < -0.39 is 22.9 Å². The van der Waals surface area contributed by atoms with Gasteiger partial charge in [-0.15, -0.1) is 16.7 Å². The molecule has 1 aliphatic rings. The van der Waals surface area contributed by atoms with Crippen LogP contribution < -0.4 is 0 Å².